The zero-order chi connectivity index (χ0) is 19.5. The van der Waals surface area contributed by atoms with Crippen LogP contribution in [-0.4, -0.2) is 14.5 Å². The van der Waals surface area contributed by atoms with E-state index in [1.54, 1.807) is 12.5 Å². The lowest BCUT2D eigenvalue weighted by molar-refractivity contribution is 0.417. The first-order valence-corrected chi connectivity index (χ1v) is 9.36. The Bertz CT molecular complexity index is 1110. The fourth-order valence-corrected chi connectivity index (χ4v) is 3.27. The monoisotopic (exact) mass is 369 g/mol. The lowest BCUT2D eigenvalue weighted by Gasteiger charge is -2.12. The Morgan fingerprint density at radius 3 is 2.39 bits per heavy atom. The van der Waals surface area contributed by atoms with E-state index < -0.39 is 0 Å². The average molecular weight is 369 g/mol. The minimum atomic E-state index is 0.599. The quantitative estimate of drug-likeness (QED) is 0.452. The highest BCUT2D eigenvalue weighted by molar-refractivity contribution is 5.64. The van der Waals surface area contributed by atoms with E-state index in [9.17, 15) is 0 Å². The molecule has 2 aromatic carbocycles. The molecule has 0 radical (unpaired) electrons. The van der Waals surface area contributed by atoms with Crippen molar-refractivity contribution in [3.8, 4) is 22.9 Å². The van der Waals surface area contributed by atoms with E-state index in [-0.39, 0.29) is 0 Å². The number of aryl methyl sites for hydroxylation is 3. The number of nitrogens with zero attached hydrogens (tertiary/aromatic N) is 3. The third-order valence-electron chi connectivity index (χ3n) is 4.69. The Labute approximate surface area is 165 Å². The van der Waals surface area contributed by atoms with Crippen molar-refractivity contribution in [1.82, 2.24) is 14.5 Å². The summed E-state index contributed by atoms with van der Waals surface area (Å²) in [5, 5.41) is 0. The molecule has 4 aromatic rings. The zero-order valence-corrected chi connectivity index (χ0v) is 16.4. The van der Waals surface area contributed by atoms with Gasteiger partial charge in [-0.1, -0.05) is 59.7 Å². The fourth-order valence-electron chi connectivity index (χ4n) is 3.27. The topological polar surface area (TPSA) is 39.9 Å². The molecule has 140 valence electrons. The van der Waals surface area contributed by atoms with Crippen LogP contribution < -0.4 is 4.74 Å². The molecule has 4 rings (SSSR count). The Kier molecular flexibility index (Phi) is 4.94. The molecular weight excluding hydrogens is 346 g/mol. The minimum Gasteiger partial charge on any atom is -0.421 e. The van der Waals surface area contributed by atoms with Crippen LogP contribution in [0.3, 0.4) is 0 Å². The molecule has 28 heavy (non-hydrogen) atoms. The second-order valence-electron chi connectivity index (χ2n) is 7.17. The molecule has 0 N–H and O–H groups in total. The van der Waals surface area contributed by atoms with Gasteiger partial charge in [0.2, 0.25) is 11.8 Å². The summed E-state index contributed by atoms with van der Waals surface area (Å²) in [7, 11) is 0. The first-order valence-electron chi connectivity index (χ1n) is 9.36. The predicted molar refractivity (Wildman–Crippen MR) is 112 cm³/mol. The summed E-state index contributed by atoms with van der Waals surface area (Å²) in [5.74, 6) is 1.28. The molecule has 2 aromatic heterocycles. The van der Waals surface area contributed by atoms with Crippen LogP contribution in [0.1, 0.15) is 22.3 Å². The van der Waals surface area contributed by atoms with Crippen LogP contribution in [0.4, 0.5) is 0 Å². The van der Waals surface area contributed by atoms with Gasteiger partial charge in [-0.3, -0.25) is 4.57 Å². The highest BCUT2D eigenvalue weighted by Gasteiger charge is 2.10. The summed E-state index contributed by atoms with van der Waals surface area (Å²) in [6.45, 7) is 6.91. The van der Waals surface area contributed by atoms with E-state index in [1.165, 1.54) is 16.7 Å². The number of aromatic nitrogens is 3. The van der Waals surface area contributed by atoms with E-state index in [1.807, 2.05) is 17.7 Å². The molecule has 0 atom stereocenters. The normalized spacial score (nSPS) is 10.8. The van der Waals surface area contributed by atoms with Gasteiger partial charge >= 0.3 is 0 Å². The maximum atomic E-state index is 6.09. The highest BCUT2D eigenvalue weighted by Crippen LogP contribution is 2.28. The Morgan fingerprint density at radius 1 is 0.857 bits per heavy atom. The van der Waals surface area contributed by atoms with Gasteiger partial charge in [0.25, 0.3) is 0 Å². The largest absolute Gasteiger partial charge is 0.421 e. The Balaban J connectivity index is 1.56. The predicted octanol–water partition coefficient (Wildman–Crippen LogP) is 5.71. The molecule has 0 aliphatic heterocycles. The van der Waals surface area contributed by atoms with Crippen molar-refractivity contribution in [2.75, 3.05) is 0 Å². The summed E-state index contributed by atoms with van der Waals surface area (Å²) in [4.78, 5) is 8.81. The second-order valence-corrected chi connectivity index (χ2v) is 7.17. The molecular formula is C24H23N3O. The van der Waals surface area contributed by atoms with Crippen LogP contribution in [-0.2, 0) is 6.54 Å². The van der Waals surface area contributed by atoms with E-state index in [4.69, 9.17) is 4.74 Å². The summed E-state index contributed by atoms with van der Waals surface area (Å²) < 4.78 is 8.08. The van der Waals surface area contributed by atoms with Crippen molar-refractivity contribution in [2.24, 2.45) is 0 Å². The summed E-state index contributed by atoms with van der Waals surface area (Å²) >= 11 is 0. The Morgan fingerprint density at radius 2 is 1.64 bits per heavy atom. The molecule has 0 fully saturated rings. The van der Waals surface area contributed by atoms with Crippen molar-refractivity contribution in [3.05, 3.63) is 95.6 Å². The van der Waals surface area contributed by atoms with Crippen LogP contribution in [0.2, 0.25) is 0 Å². The molecule has 2 heterocycles. The van der Waals surface area contributed by atoms with Gasteiger partial charge in [0.05, 0.1) is 19.1 Å². The summed E-state index contributed by atoms with van der Waals surface area (Å²) in [6, 6.07) is 19.0. The van der Waals surface area contributed by atoms with Crippen LogP contribution in [0.15, 0.2) is 73.3 Å². The second kappa shape index (κ2) is 7.69. The Hall–Kier alpha value is -3.40. The van der Waals surface area contributed by atoms with Gasteiger partial charge in [0, 0.05) is 17.3 Å². The standard InChI is InChI=1S/C24H23N3O/c1-17-6-4-8-20(10-17)15-27-16-25-14-23(27)28-24-19(3)12-22(13-26-24)21-9-5-7-18(2)11-21/h4-14,16H,15H2,1-3H3. The minimum absolute atomic E-state index is 0.599. The van der Waals surface area contributed by atoms with Gasteiger partial charge < -0.3 is 4.74 Å². The molecule has 0 saturated carbocycles. The number of imidazole rings is 1. The average Bonchev–Trinajstić information content (AvgIpc) is 3.10. The number of hydrogen-bond donors (Lipinski definition) is 0. The van der Waals surface area contributed by atoms with Crippen molar-refractivity contribution in [2.45, 2.75) is 27.3 Å². The van der Waals surface area contributed by atoms with E-state index in [2.05, 4.69) is 78.4 Å². The molecule has 0 aliphatic rings. The number of benzene rings is 2. The number of rotatable bonds is 5. The third-order valence-corrected chi connectivity index (χ3v) is 4.69. The molecule has 0 saturated heterocycles. The lowest BCUT2D eigenvalue weighted by atomic mass is 10.0. The molecule has 0 bridgehead atoms. The van der Waals surface area contributed by atoms with Crippen molar-refractivity contribution >= 4 is 0 Å². The number of pyridine rings is 1. The highest BCUT2D eigenvalue weighted by atomic mass is 16.5. The summed E-state index contributed by atoms with van der Waals surface area (Å²) in [5.41, 5.74) is 6.91. The lowest BCUT2D eigenvalue weighted by Crippen LogP contribution is -2.02. The van der Waals surface area contributed by atoms with Crippen LogP contribution in [0, 0.1) is 20.8 Å². The molecule has 0 amide bonds. The molecule has 0 unspecified atom stereocenters. The fraction of sp³-hybridized carbons (Fsp3) is 0.167. The van der Waals surface area contributed by atoms with Gasteiger partial charge in [-0.05, 0) is 38.0 Å². The van der Waals surface area contributed by atoms with Gasteiger partial charge in [-0.25, -0.2) is 9.97 Å². The first kappa shape index (κ1) is 18.0. The van der Waals surface area contributed by atoms with Gasteiger partial charge in [-0.2, -0.15) is 0 Å². The third kappa shape index (κ3) is 3.96. The van der Waals surface area contributed by atoms with Gasteiger partial charge in [0.1, 0.15) is 0 Å². The number of hydrogen-bond acceptors (Lipinski definition) is 3. The summed E-state index contributed by atoms with van der Waals surface area (Å²) in [6.07, 6.45) is 5.37. The van der Waals surface area contributed by atoms with Gasteiger partial charge in [-0.15, -0.1) is 0 Å². The van der Waals surface area contributed by atoms with E-state index in [0.717, 1.165) is 16.7 Å². The van der Waals surface area contributed by atoms with E-state index >= 15 is 0 Å². The molecule has 0 spiro atoms. The smallest absolute Gasteiger partial charge is 0.224 e. The van der Waals surface area contributed by atoms with Crippen LogP contribution >= 0.6 is 0 Å². The number of ether oxygens (including phenoxy) is 1. The first-order chi connectivity index (χ1) is 13.6. The SMILES string of the molecule is Cc1cccc(Cn2cncc2Oc2ncc(-c3cccc(C)c3)cc2C)c1. The van der Waals surface area contributed by atoms with Crippen LogP contribution in [0.25, 0.3) is 11.1 Å². The van der Waals surface area contributed by atoms with Crippen molar-refractivity contribution in [1.29, 1.82) is 0 Å². The molecule has 4 heteroatoms. The maximum Gasteiger partial charge on any atom is 0.224 e. The van der Waals surface area contributed by atoms with Gasteiger partial charge in [0.15, 0.2) is 0 Å². The molecule has 4 nitrogen and oxygen atoms in total. The zero-order valence-electron chi connectivity index (χ0n) is 16.4. The van der Waals surface area contributed by atoms with Crippen molar-refractivity contribution in [3.63, 3.8) is 0 Å². The van der Waals surface area contributed by atoms with Crippen molar-refractivity contribution < 1.29 is 4.74 Å². The van der Waals surface area contributed by atoms with E-state index in [0.29, 0.717) is 18.3 Å². The maximum absolute atomic E-state index is 6.09. The van der Waals surface area contributed by atoms with Crippen LogP contribution in [0.5, 0.6) is 11.8 Å². The molecule has 0 aliphatic carbocycles.